The van der Waals surface area contributed by atoms with Crippen LogP contribution >= 0.6 is 11.8 Å². The number of carbonyl (C=O) groups is 1. The topological polar surface area (TPSA) is 104 Å². The van der Waals surface area contributed by atoms with Crippen molar-refractivity contribution in [3.05, 3.63) is 11.8 Å². The van der Waals surface area contributed by atoms with Gasteiger partial charge in [-0.1, -0.05) is 0 Å². The van der Waals surface area contributed by atoms with Crippen molar-refractivity contribution in [1.82, 2.24) is 14.9 Å². The molecule has 114 valence electrons. The average Bonchev–Trinajstić information content (AvgIpc) is 2.80. The number of amides is 1. The molecule has 1 heterocycles. The number of nitrogens with one attached hydrogen (secondary N) is 3. The number of thioether (sulfide) groups is 1. The molecule has 3 N–H and O–H groups in total. The molecule has 0 aliphatic heterocycles. The lowest BCUT2D eigenvalue weighted by Crippen LogP contribution is -2.44. The molecule has 1 aromatic rings. The highest BCUT2D eigenvalue weighted by Gasteiger charge is 2.23. The van der Waals surface area contributed by atoms with Crippen LogP contribution in [0.2, 0.25) is 0 Å². The molecule has 9 heteroatoms. The maximum atomic E-state index is 12.2. The summed E-state index contributed by atoms with van der Waals surface area (Å²) < 4.78 is 25.7. The Morgan fingerprint density at radius 3 is 2.75 bits per heavy atom. The number of nitrogens with zero attached hydrogens (tertiary/aromatic N) is 1. The molecule has 20 heavy (non-hydrogen) atoms. The van der Waals surface area contributed by atoms with Crippen LogP contribution in [-0.4, -0.2) is 48.3 Å². The van der Waals surface area contributed by atoms with Crippen molar-refractivity contribution >= 4 is 33.5 Å². The summed E-state index contributed by atoms with van der Waals surface area (Å²) in [6.07, 6.45) is 3.92. The molecule has 1 rings (SSSR count). The first-order valence-corrected chi connectivity index (χ1v) is 9.24. The van der Waals surface area contributed by atoms with Gasteiger partial charge in [-0.2, -0.15) is 16.9 Å². The van der Waals surface area contributed by atoms with E-state index < -0.39 is 16.1 Å². The monoisotopic (exact) mass is 320 g/mol. The first-order chi connectivity index (χ1) is 9.39. The normalized spacial score (nSPS) is 13.2. The minimum Gasteiger partial charge on any atom is -0.309 e. The molecule has 0 spiro atoms. The number of carbonyl (C=O) groups excluding carboxylic acids is 1. The molecule has 0 fully saturated rings. The van der Waals surface area contributed by atoms with Crippen molar-refractivity contribution in [1.29, 1.82) is 0 Å². The molecule has 0 aromatic carbocycles. The quantitative estimate of drug-likeness (QED) is 0.655. The lowest BCUT2D eigenvalue weighted by molar-refractivity contribution is -0.117. The van der Waals surface area contributed by atoms with Crippen LogP contribution < -0.4 is 10.0 Å². The van der Waals surface area contributed by atoms with E-state index in [1.807, 2.05) is 6.26 Å². The predicted molar refractivity (Wildman–Crippen MR) is 81.3 cm³/mol. The van der Waals surface area contributed by atoms with Gasteiger partial charge in [-0.3, -0.25) is 9.89 Å². The van der Waals surface area contributed by atoms with Crippen LogP contribution in [0.1, 0.15) is 18.9 Å². The number of hydrogen-bond donors (Lipinski definition) is 3. The van der Waals surface area contributed by atoms with Gasteiger partial charge in [0.05, 0.1) is 11.9 Å². The molecule has 1 unspecified atom stereocenters. The van der Waals surface area contributed by atoms with E-state index in [0.29, 0.717) is 18.0 Å². The van der Waals surface area contributed by atoms with Gasteiger partial charge in [0, 0.05) is 5.56 Å². The van der Waals surface area contributed by atoms with Crippen molar-refractivity contribution in [2.24, 2.45) is 0 Å². The van der Waals surface area contributed by atoms with Crippen LogP contribution in [0.4, 0.5) is 5.82 Å². The average molecular weight is 320 g/mol. The second kappa shape index (κ2) is 7.65. The van der Waals surface area contributed by atoms with Crippen LogP contribution in [0, 0.1) is 6.92 Å². The molecule has 7 nitrogen and oxygen atoms in total. The second-order valence-corrected chi connectivity index (χ2v) is 7.30. The van der Waals surface area contributed by atoms with Gasteiger partial charge in [0.15, 0.2) is 0 Å². The van der Waals surface area contributed by atoms with Crippen LogP contribution in [0.3, 0.4) is 0 Å². The third kappa shape index (κ3) is 5.14. The summed E-state index contributed by atoms with van der Waals surface area (Å²) in [5.41, 5.74) is 0.792. The van der Waals surface area contributed by atoms with Crippen LogP contribution in [0.5, 0.6) is 0 Å². The minimum atomic E-state index is -3.43. The molecule has 0 aliphatic rings. The zero-order valence-corrected chi connectivity index (χ0v) is 13.4. The predicted octanol–water partition coefficient (Wildman–Crippen LogP) is 0.718. The van der Waals surface area contributed by atoms with Gasteiger partial charge in [0.25, 0.3) is 0 Å². The van der Waals surface area contributed by atoms with E-state index in [2.05, 4.69) is 20.2 Å². The van der Waals surface area contributed by atoms with Crippen molar-refractivity contribution in [3.63, 3.8) is 0 Å². The van der Waals surface area contributed by atoms with Crippen molar-refractivity contribution in [3.8, 4) is 0 Å². The van der Waals surface area contributed by atoms with Gasteiger partial charge in [0.2, 0.25) is 15.9 Å². The third-order valence-electron chi connectivity index (χ3n) is 2.71. The highest BCUT2D eigenvalue weighted by Crippen LogP contribution is 2.11. The smallest absolute Gasteiger partial charge is 0.243 e. The summed E-state index contributed by atoms with van der Waals surface area (Å²) in [4.78, 5) is 12.2. The third-order valence-corrected chi connectivity index (χ3v) is 4.75. The van der Waals surface area contributed by atoms with Crippen molar-refractivity contribution < 1.29 is 13.2 Å². The van der Waals surface area contributed by atoms with Crippen LogP contribution in [-0.2, 0) is 14.8 Å². The molecule has 1 amide bonds. The Balaban J connectivity index is 2.76. The number of anilines is 1. The summed E-state index contributed by atoms with van der Waals surface area (Å²) in [5.74, 6) is 0.731. The molecular weight excluding hydrogens is 300 g/mol. The van der Waals surface area contributed by atoms with E-state index in [4.69, 9.17) is 0 Å². The SMILES string of the molecule is CCS(=O)(=O)NC(CCSC)C(=O)Nc1[nH]ncc1C. The number of rotatable bonds is 8. The van der Waals surface area contributed by atoms with Gasteiger partial charge in [-0.15, -0.1) is 0 Å². The summed E-state index contributed by atoms with van der Waals surface area (Å²) in [7, 11) is -3.43. The Bertz CT molecular complexity index is 542. The number of aryl methyl sites for hydroxylation is 1. The maximum Gasteiger partial charge on any atom is 0.243 e. The zero-order valence-electron chi connectivity index (χ0n) is 11.8. The van der Waals surface area contributed by atoms with Crippen LogP contribution in [0.25, 0.3) is 0 Å². The summed E-state index contributed by atoms with van der Waals surface area (Å²) in [5, 5.41) is 9.12. The molecular formula is C11H20N4O3S2. The van der Waals surface area contributed by atoms with E-state index in [1.165, 1.54) is 6.92 Å². The zero-order chi connectivity index (χ0) is 15.2. The lowest BCUT2D eigenvalue weighted by Gasteiger charge is -2.17. The molecule has 1 atom stereocenters. The Hall–Kier alpha value is -1.06. The fourth-order valence-electron chi connectivity index (χ4n) is 1.46. The molecule has 0 aliphatic carbocycles. The fourth-order valence-corrected chi connectivity index (χ4v) is 2.76. The van der Waals surface area contributed by atoms with Crippen molar-refractivity contribution in [2.45, 2.75) is 26.3 Å². The van der Waals surface area contributed by atoms with E-state index in [-0.39, 0.29) is 11.7 Å². The molecule has 0 saturated carbocycles. The molecule has 1 aromatic heterocycles. The molecule has 0 saturated heterocycles. The summed E-state index contributed by atoms with van der Waals surface area (Å²) in [6.45, 7) is 3.33. The van der Waals surface area contributed by atoms with E-state index >= 15 is 0 Å². The Morgan fingerprint density at radius 2 is 2.25 bits per heavy atom. The van der Waals surface area contributed by atoms with Crippen LogP contribution in [0.15, 0.2) is 6.20 Å². The number of hydrogen-bond acceptors (Lipinski definition) is 5. The van der Waals surface area contributed by atoms with Gasteiger partial charge in [0.1, 0.15) is 11.9 Å². The largest absolute Gasteiger partial charge is 0.309 e. The standard InChI is InChI=1S/C11H20N4O3S2/c1-4-20(17,18)15-9(5-6-19-3)11(16)13-10-8(2)7-12-14-10/h7,9,15H,4-6H2,1-3H3,(H2,12,13,14,16). The molecule has 0 radical (unpaired) electrons. The lowest BCUT2D eigenvalue weighted by atomic mass is 10.2. The molecule has 0 bridgehead atoms. The second-order valence-electron chi connectivity index (χ2n) is 4.27. The number of aromatic nitrogens is 2. The number of aromatic amines is 1. The first kappa shape index (κ1) is 17.0. The van der Waals surface area contributed by atoms with E-state index in [0.717, 1.165) is 5.56 Å². The maximum absolute atomic E-state index is 12.2. The van der Waals surface area contributed by atoms with Gasteiger partial charge < -0.3 is 5.32 Å². The van der Waals surface area contributed by atoms with Crippen molar-refractivity contribution in [2.75, 3.05) is 23.1 Å². The van der Waals surface area contributed by atoms with E-state index in [1.54, 1.807) is 24.9 Å². The Morgan fingerprint density at radius 1 is 1.55 bits per heavy atom. The number of H-pyrrole nitrogens is 1. The van der Waals surface area contributed by atoms with Gasteiger partial charge in [-0.05, 0) is 32.3 Å². The van der Waals surface area contributed by atoms with Gasteiger partial charge in [-0.25, -0.2) is 13.1 Å². The highest BCUT2D eigenvalue weighted by molar-refractivity contribution is 7.98. The summed E-state index contributed by atoms with van der Waals surface area (Å²) in [6, 6.07) is -0.782. The first-order valence-electron chi connectivity index (χ1n) is 6.19. The minimum absolute atomic E-state index is 0.0564. The number of sulfonamides is 1. The fraction of sp³-hybridized carbons (Fsp3) is 0.636. The highest BCUT2D eigenvalue weighted by atomic mass is 32.2. The Labute approximate surface area is 123 Å². The van der Waals surface area contributed by atoms with E-state index in [9.17, 15) is 13.2 Å². The summed E-state index contributed by atoms with van der Waals surface area (Å²) >= 11 is 1.56. The Kier molecular flexibility index (Phi) is 6.50. The van der Waals surface area contributed by atoms with Gasteiger partial charge >= 0.3 is 0 Å².